The van der Waals surface area contributed by atoms with Crippen molar-refractivity contribution in [3.63, 3.8) is 0 Å². The molecule has 1 aliphatic rings. The van der Waals surface area contributed by atoms with Crippen LogP contribution >= 0.6 is 0 Å². The summed E-state index contributed by atoms with van der Waals surface area (Å²) in [5.41, 5.74) is 3.42. The van der Waals surface area contributed by atoms with Gasteiger partial charge in [0.05, 0.1) is 13.2 Å². The summed E-state index contributed by atoms with van der Waals surface area (Å²) in [6, 6.07) is 15.2. The van der Waals surface area contributed by atoms with Crippen LogP contribution in [-0.2, 0) is 16.0 Å². The molecule has 0 atom stereocenters. The number of carbonyl (C=O) groups excluding carboxylic acids is 2. The van der Waals surface area contributed by atoms with Crippen molar-refractivity contribution < 1.29 is 14.3 Å². The second kappa shape index (κ2) is 8.27. The Morgan fingerprint density at radius 1 is 1.07 bits per heavy atom. The Kier molecular flexibility index (Phi) is 5.39. The van der Waals surface area contributed by atoms with Crippen LogP contribution in [0.25, 0.3) is 10.9 Å². The lowest BCUT2D eigenvalue weighted by atomic mass is 10.1. The molecule has 28 heavy (non-hydrogen) atoms. The first-order chi connectivity index (χ1) is 13.7. The average molecular weight is 377 g/mol. The Labute approximate surface area is 163 Å². The molecule has 1 saturated heterocycles. The number of morpholine rings is 1. The lowest BCUT2D eigenvalue weighted by Gasteiger charge is -2.27. The highest BCUT2D eigenvalue weighted by molar-refractivity contribution is 5.97. The predicted octanol–water partition coefficient (Wildman–Crippen LogP) is 3.21. The van der Waals surface area contributed by atoms with E-state index in [1.54, 1.807) is 29.2 Å². The van der Waals surface area contributed by atoms with Crippen molar-refractivity contribution in [1.82, 2.24) is 9.88 Å². The van der Waals surface area contributed by atoms with Crippen LogP contribution in [0, 0.1) is 0 Å². The van der Waals surface area contributed by atoms with Crippen LogP contribution < -0.4 is 5.32 Å². The molecule has 0 bridgehead atoms. The number of amides is 2. The summed E-state index contributed by atoms with van der Waals surface area (Å²) >= 11 is 0. The molecule has 6 nitrogen and oxygen atoms in total. The normalized spacial score (nSPS) is 14.2. The minimum absolute atomic E-state index is 0.0295. The fraction of sp³-hybridized carbons (Fsp3) is 0.273. The van der Waals surface area contributed by atoms with Crippen molar-refractivity contribution in [1.29, 1.82) is 0 Å². The quantitative estimate of drug-likeness (QED) is 0.717. The molecule has 0 radical (unpaired) electrons. The van der Waals surface area contributed by atoms with Crippen molar-refractivity contribution in [3.05, 3.63) is 65.9 Å². The fourth-order valence-electron chi connectivity index (χ4n) is 3.49. The standard InChI is InChI=1S/C22H23N3O3/c26-21(9-8-17-15-23-20-7-2-1-6-19(17)20)24-18-5-3-4-16(14-18)22(27)25-10-12-28-13-11-25/h1-7,14-15,23H,8-13H2,(H,24,26). The van der Waals surface area contributed by atoms with Gasteiger partial charge in [-0.05, 0) is 36.2 Å². The van der Waals surface area contributed by atoms with E-state index in [0.29, 0.717) is 50.4 Å². The zero-order valence-electron chi connectivity index (χ0n) is 15.6. The van der Waals surface area contributed by atoms with Crippen LogP contribution in [0.2, 0.25) is 0 Å². The highest BCUT2D eigenvalue weighted by Gasteiger charge is 2.18. The van der Waals surface area contributed by atoms with Crippen LogP contribution in [-0.4, -0.2) is 48.0 Å². The van der Waals surface area contributed by atoms with E-state index in [9.17, 15) is 9.59 Å². The number of nitrogens with zero attached hydrogens (tertiary/aromatic N) is 1. The van der Waals surface area contributed by atoms with E-state index in [1.165, 1.54) is 0 Å². The van der Waals surface area contributed by atoms with Gasteiger partial charge in [-0.1, -0.05) is 24.3 Å². The molecule has 1 aromatic heterocycles. The molecule has 2 N–H and O–H groups in total. The van der Waals surface area contributed by atoms with E-state index in [4.69, 9.17) is 4.74 Å². The third-order valence-electron chi connectivity index (χ3n) is 4.99. The van der Waals surface area contributed by atoms with Gasteiger partial charge in [-0.25, -0.2) is 0 Å². The smallest absolute Gasteiger partial charge is 0.254 e. The SMILES string of the molecule is O=C(CCc1c[nH]c2ccccc12)Nc1cccc(C(=O)N2CCOCC2)c1. The molecule has 144 valence electrons. The molecule has 3 aromatic rings. The van der Waals surface area contributed by atoms with Crippen molar-refractivity contribution in [3.8, 4) is 0 Å². The first kappa shape index (κ1) is 18.3. The number of anilines is 1. The topological polar surface area (TPSA) is 74.4 Å². The third-order valence-corrected chi connectivity index (χ3v) is 4.99. The Hall–Kier alpha value is -3.12. The Morgan fingerprint density at radius 3 is 2.75 bits per heavy atom. The number of para-hydroxylation sites is 1. The summed E-state index contributed by atoms with van der Waals surface area (Å²) in [5, 5.41) is 4.05. The van der Waals surface area contributed by atoms with Gasteiger partial charge >= 0.3 is 0 Å². The maximum atomic E-state index is 12.6. The van der Waals surface area contributed by atoms with E-state index in [1.807, 2.05) is 24.4 Å². The van der Waals surface area contributed by atoms with Gasteiger partial charge in [0.15, 0.2) is 0 Å². The second-order valence-corrected chi connectivity index (χ2v) is 6.89. The van der Waals surface area contributed by atoms with Crippen LogP contribution in [0.15, 0.2) is 54.7 Å². The first-order valence-corrected chi connectivity index (χ1v) is 9.52. The minimum Gasteiger partial charge on any atom is -0.378 e. The number of fused-ring (bicyclic) bond motifs is 1. The lowest BCUT2D eigenvalue weighted by Crippen LogP contribution is -2.40. The van der Waals surface area contributed by atoms with Crippen molar-refractivity contribution in [2.45, 2.75) is 12.8 Å². The van der Waals surface area contributed by atoms with Gasteiger partial charge in [0.25, 0.3) is 5.91 Å². The number of benzene rings is 2. The Morgan fingerprint density at radius 2 is 1.89 bits per heavy atom. The molecule has 2 heterocycles. The lowest BCUT2D eigenvalue weighted by molar-refractivity contribution is -0.116. The summed E-state index contributed by atoms with van der Waals surface area (Å²) in [6.45, 7) is 2.33. The van der Waals surface area contributed by atoms with Gasteiger partial charge < -0.3 is 19.9 Å². The van der Waals surface area contributed by atoms with Gasteiger partial charge in [0.2, 0.25) is 5.91 Å². The monoisotopic (exact) mass is 377 g/mol. The summed E-state index contributed by atoms with van der Waals surface area (Å²) in [4.78, 5) is 30.0. The highest BCUT2D eigenvalue weighted by atomic mass is 16.5. The van der Waals surface area contributed by atoms with Crippen LogP contribution in [0.1, 0.15) is 22.3 Å². The maximum Gasteiger partial charge on any atom is 0.254 e. The summed E-state index contributed by atoms with van der Waals surface area (Å²) in [5.74, 6) is -0.0977. The van der Waals surface area contributed by atoms with E-state index < -0.39 is 0 Å². The first-order valence-electron chi connectivity index (χ1n) is 9.52. The summed E-state index contributed by atoms with van der Waals surface area (Å²) in [7, 11) is 0. The highest BCUT2D eigenvalue weighted by Crippen LogP contribution is 2.19. The average Bonchev–Trinajstić information content (AvgIpc) is 3.16. The van der Waals surface area contributed by atoms with E-state index in [-0.39, 0.29) is 11.8 Å². The number of H-pyrrole nitrogens is 1. The molecule has 0 spiro atoms. The van der Waals surface area contributed by atoms with Crippen molar-refractivity contribution in [2.75, 3.05) is 31.6 Å². The number of aromatic nitrogens is 1. The van der Waals surface area contributed by atoms with Crippen LogP contribution in [0.4, 0.5) is 5.69 Å². The number of aryl methyl sites for hydroxylation is 1. The van der Waals surface area contributed by atoms with Gasteiger partial charge in [-0.2, -0.15) is 0 Å². The molecular weight excluding hydrogens is 354 g/mol. The molecule has 0 unspecified atom stereocenters. The molecule has 6 heteroatoms. The molecule has 1 aliphatic heterocycles. The van der Waals surface area contributed by atoms with Gasteiger partial charge in [0, 0.05) is 47.9 Å². The van der Waals surface area contributed by atoms with Gasteiger partial charge in [-0.15, -0.1) is 0 Å². The summed E-state index contributed by atoms with van der Waals surface area (Å²) < 4.78 is 5.29. The van der Waals surface area contributed by atoms with E-state index >= 15 is 0 Å². The largest absolute Gasteiger partial charge is 0.378 e. The number of nitrogens with one attached hydrogen (secondary N) is 2. The zero-order valence-corrected chi connectivity index (χ0v) is 15.6. The number of carbonyl (C=O) groups is 2. The van der Waals surface area contributed by atoms with E-state index in [0.717, 1.165) is 16.5 Å². The molecular formula is C22H23N3O3. The van der Waals surface area contributed by atoms with E-state index in [2.05, 4.69) is 16.4 Å². The van der Waals surface area contributed by atoms with Crippen LogP contribution in [0.3, 0.4) is 0 Å². The number of hydrogen-bond acceptors (Lipinski definition) is 3. The zero-order chi connectivity index (χ0) is 19.3. The molecule has 4 rings (SSSR count). The number of hydrogen-bond donors (Lipinski definition) is 2. The van der Waals surface area contributed by atoms with Gasteiger partial charge in [0.1, 0.15) is 0 Å². The Balaban J connectivity index is 1.37. The number of rotatable bonds is 5. The predicted molar refractivity (Wildman–Crippen MR) is 108 cm³/mol. The number of aromatic amines is 1. The molecule has 2 amide bonds. The van der Waals surface area contributed by atoms with Crippen molar-refractivity contribution in [2.24, 2.45) is 0 Å². The minimum atomic E-state index is -0.0683. The van der Waals surface area contributed by atoms with Gasteiger partial charge in [-0.3, -0.25) is 9.59 Å². The molecule has 1 fully saturated rings. The van der Waals surface area contributed by atoms with Crippen LogP contribution in [0.5, 0.6) is 0 Å². The molecule has 2 aromatic carbocycles. The molecule has 0 aliphatic carbocycles. The third kappa shape index (κ3) is 4.07. The van der Waals surface area contributed by atoms with Crippen molar-refractivity contribution >= 4 is 28.4 Å². The Bertz CT molecular complexity index is 989. The summed E-state index contributed by atoms with van der Waals surface area (Å²) in [6.07, 6.45) is 2.99. The fourth-order valence-corrected chi connectivity index (χ4v) is 3.49. The molecule has 0 saturated carbocycles. The maximum absolute atomic E-state index is 12.6. The second-order valence-electron chi connectivity index (χ2n) is 6.89. The number of ether oxygens (including phenoxy) is 1.